The molecule has 1 amide bonds. The Morgan fingerprint density at radius 3 is 2.43 bits per heavy atom. The van der Waals surface area contributed by atoms with Crippen LogP contribution in [0.4, 0.5) is 17.1 Å². The second-order valence-corrected chi connectivity index (χ2v) is 5.18. The van der Waals surface area contributed by atoms with Gasteiger partial charge in [-0.2, -0.15) is 0 Å². The van der Waals surface area contributed by atoms with Crippen molar-refractivity contribution in [1.29, 1.82) is 0 Å². The van der Waals surface area contributed by atoms with Gasteiger partial charge in [0.1, 0.15) is 0 Å². The number of nitrogens with one attached hydrogen (secondary N) is 2. The van der Waals surface area contributed by atoms with Gasteiger partial charge >= 0.3 is 0 Å². The molecule has 21 heavy (non-hydrogen) atoms. The predicted molar refractivity (Wildman–Crippen MR) is 89.4 cm³/mol. The molecule has 0 bridgehead atoms. The Bertz CT molecular complexity index is 650. The number of rotatable bonds is 4. The first-order chi connectivity index (χ1) is 10.0. The highest BCUT2D eigenvalue weighted by Crippen LogP contribution is 2.20. The number of aryl methyl sites for hydroxylation is 1. The van der Waals surface area contributed by atoms with Gasteiger partial charge in [0.2, 0.25) is 0 Å². The molecule has 0 aliphatic rings. The molecule has 2 rings (SSSR count). The third-order valence-electron chi connectivity index (χ3n) is 3.38. The van der Waals surface area contributed by atoms with E-state index < -0.39 is 0 Å². The number of benzene rings is 2. The summed E-state index contributed by atoms with van der Waals surface area (Å²) in [6.07, 6.45) is 0. The van der Waals surface area contributed by atoms with Crippen molar-refractivity contribution in [1.82, 2.24) is 0 Å². The minimum absolute atomic E-state index is 0.0916. The van der Waals surface area contributed by atoms with E-state index in [4.69, 9.17) is 0 Å². The molecule has 0 aromatic heterocycles. The Balaban J connectivity index is 2.20. The molecule has 2 aromatic rings. The Kier molecular flexibility index (Phi) is 4.48. The number of amides is 1. The zero-order chi connectivity index (χ0) is 15.4. The number of hydrogen-bond acceptors (Lipinski definition) is 3. The van der Waals surface area contributed by atoms with Crippen molar-refractivity contribution in [3.8, 4) is 0 Å². The van der Waals surface area contributed by atoms with E-state index in [2.05, 4.69) is 10.6 Å². The molecule has 110 valence electrons. The molecule has 2 N–H and O–H groups in total. The molecule has 2 aromatic carbocycles. The Hall–Kier alpha value is -2.49. The lowest BCUT2D eigenvalue weighted by Crippen LogP contribution is -2.14. The molecule has 0 saturated carbocycles. The van der Waals surface area contributed by atoms with E-state index in [1.54, 1.807) is 0 Å². The van der Waals surface area contributed by atoms with Gasteiger partial charge in [0.05, 0.1) is 0 Å². The highest BCUT2D eigenvalue weighted by molar-refractivity contribution is 6.05. The zero-order valence-corrected chi connectivity index (χ0v) is 12.9. The van der Waals surface area contributed by atoms with Gasteiger partial charge in [-0.15, -0.1) is 0 Å². The minimum Gasteiger partial charge on any atom is -0.388 e. The number of hydrogen-bond donors (Lipinski definition) is 2. The Labute approximate surface area is 125 Å². The fraction of sp³-hybridized carbons (Fsp3) is 0.235. The standard InChI is InChI=1S/C17H21N3O/c1-12-10-13(18-2)8-9-16(12)17(21)19-14-6-5-7-15(11-14)20(3)4/h5-11,18H,1-4H3,(H,19,21). The monoisotopic (exact) mass is 283 g/mol. The first-order valence-electron chi connectivity index (χ1n) is 6.88. The molecule has 0 atom stereocenters. The summed E-state index contributed by atoms with van der Waals surface area (Å²) in [6, 6.07) is 13.5. The molecule has 0 aliphatic carbocycles. The average Bonchev–Trinajstić information content (AvgIpc) is 2.47. The second-order valence-electron chi connectivity index (χ2n) is 5.18. The van der Waals surface area contributed by atoms with Crippen LogP contribution in [-0.4, -0.2) is 27.1 Å². The highest BCUT2D eigenvalue weighted by atomic mass is 16.1. The summed E-state index contributed by atoms with van der Waals surface area (Å²) in [5.41, 5.74) is 4.48. The zero-order valence-electron chi connectivity index (χ0n) is 12.9. The summed E-state index contributed by atoms with van der Waals surface area (Å²) in [5.74, 6) is -0.0916. The average molecular weight is 283 g/mol. The minimum atomic E-state index is -0.0916. The van der Waals surface area contributed by atoms with Crippen molar-refractivity contribution < 1.29 is 4.79 Å². The van der Waals surface area contributed by atoms with Crippen molar-refractivity contribution in [2.24, 2.45) is 0 Å². The van der Waals surface area contributed by atoms with Gasteiger partial charge in [-0.1, -0.05) is 6.07 Å². The molecule has 0 fully saturated rings. The smallest absolute Gasteiger partial charge is 0.255 e. The predicted octanol–water partition coefficient (Wildman–Crippen LogP) is 3.36. The second kappa shape index (κ2) is 6.31. The molecule has 4 nitrogen and oxygen atoms in total. The van der Waals surface area contributed by atoms with Gasteiger partial charge in [-0.3, -0.25) is 4.79 Å². The summed E-state index contributed by atoms with van der Waals surface area (Å²) >= 11 is 0. The molecule has 0 radical (unpaired) electrons. The van der Waals surface area contributed by atoms with Crippen molar-refractivity contribution in [2.75, 3.05) is 36.7 Å². The molecule has 0 spiro atoms. The van der Waals surface area contributed by atoms with Crippen LogP contribution in [0.25, 0.3) is 0 Å². The molecule has 4 heteroatoms. The fourth-order valence-corrected chi connectivity index (χ4v) is 2.13. The number of carbonyl (C=O) groups is 1. The summed E-state index contributed by atoms with van der Waals surface area (Å²) in [7, 11) is 5.81. The van der Waals surface area contributed by atoms with Gasteiger partial charge in [0, 0.05) is 43.8 Å². The van der Waals surface area contributed by atoms with E-state index in [1.807, 2.05) is 75.4 Å². The van der Waals surface area contributed by atoms with Crippen molar-refractivity contribution in [3.05, 3.63) is 53.6 Å². The molecule has 0 unspecified atom stereocenters. The Morgan fingerprint density at radius 1 is 1.05 bits per heavy atom. The van der Waals surface area contributed by atoms with Crippen LogP contribution in [0, 0.1) is 6.92 Å². The summed E-state index contributed by atoms with van der Waals surface area (Å²) < 4.78 is 0. The van der Waals surface area contributed by atoms with Crippen LogP contribution in [0.1, 0.15) is 15.9 Å². The largest absolute Gasteiger partial charge is 0.388 e. The number of carbonyl (C=O) groups excluding carboxylic acids is 1. The lowest BCUT2D eigenvalue weighted by Gasteiger charge is -2.14. The van der Waals surface area contributed by atoms with E-state index in [-0.39, 0.29) is 5.91 Å². The molecule has 0 aliphatic heterocycles. The van der Waals surface area contributed by atoms with Crippen LogP contribution in [0.5, 0.6) is 0 Å². The SMILES string of the molecule is CNc1ccc(C(=O)Nc2cccc(N(C)C)c2)c(C)c1. The van der Waals surface area contributed by atoms with Crippen LogP contribution in [0.2, 0.25) is 0 Å². The van der Waals surface area contributed by atoms with Crippen LogP contribution in [-0.2, 0) is 0 Å². The normalized spacial score (nSPS) is 10.1. The van der Waals surface area contributed by atoms with E-state index in [0.717, 1.165) is 22.6 Å². The first-order valence-corrected chi connectivity index (χ1v) is 6.88. The maximum absolute atomic E-state index is 12.4. The van der Waals surface area contributed by atoms with E-state index in [1.165, 1.54) is 0 Å². The van der Waals surface area contributed by atoms with Crippen LogP contribution < -0.4 is 15.5 Å². The highest BCUT2D eigenvalue weighted by Gasteiger charge is 2.10. The van der Waals surface area contributed by atoms with E-state index in [9.17, 15) is 4.79 Å². The lowest BCUT2D eigenvalue weighted by molar-refractivity contribution is 0.102. The Morgan fingerprint density at radius 2 is 1.81 bits per heavy atom. The first kappa shape index (κ1) is 14.9. The molecule has 0 saturated heterocycles. The summed E-state index contributed by atoms with van der Waals surface area (Å²) in [6.45, 7) is 1.94. The number of anilines is 3. The topological polar surface area (TPSA) is 44.4 Å². The molecule has 0 heterocycles. The maximum atomic E-state index is 12.4. The number of nitrogens with zero attached hydrogens (tertiary/aromatic N) is 1. The summed E-state index contributed by atoms with van der Waals surface area (Å²) in [5, 5.41) is 6.01. The van der Waals surface area contributed by atoms with E-state index in [0.29, 0.717) is 5.56 Å². The quantitative estimate of drug-likeness (QED) is 0.904. The molecular weight excluding hydrogens is 262 g/mol. The van der Waals surface area contributed by atoms with E-state index >= 15 is 0 Å². The summed E-state index contributed by atoms with van der Waals surface area (Å²) in [4.78, 5) is 14.4. The van der Waals surface area contributed by atoms with Crippen molar-refractivity contribution in [3.63, 3.8) is 0 Å². The van der Waals surface area contributed by atoms with Gasteiger partial charge in [0.15, 0.2) is 0 Å². The van der Waals surface area contributed by atoms with Gasteiger partial charge < -0.3 is 15.5 Å². The maximum Gasteiger partial charge on any atom is 0.255 e. The van der Waals surface area contributed by atoms with Crippen LogP contribution in [0.15, 0.2) is 42.5 Å². The third kappa shape index (κ3) is 3.54. The third-order valence-corrected chi connectivity index (χ3v) is 3.38. The fourth-order valence-electron chi connectivity index (χ4n) is 2.13. The van der Waals surface area contributed by atoms with Gasteiger partial charge in [-0.25, -0.2) is 0 Å². The molecular formula is C17H21N3O. The lowest BCUT2D eigenvalue weighted by atomic mass is 10.1. The van der Waals surface area contributed by atoms with Gasteiger partial charge in [0.25, 0.3) is 5.91 Å². The van der Waals surface area contributed by atoms with Crippen molar-refractivity contribution in [2.45, 2.75) is 6.92 Å². The van der Waals surface area contributed by atoms with Crippen molar-refractivity contribution >= 4 is 23.0 Å². The van der Waals surface area contributed by atoms with Gasteiger partial charge in [-0.05, 0) is 48.9 Å². The van der Waals surface area contributed by atoms with Crippen LogP contribution in [0.3, 0.4) is 0 Å². The van der Waals surface area contributed by atoms with Crippen LogP contribution >= 0.6 is 0 Å².